The van der Waals surface area contributed by atoms with Crippen LogP contribution >= 0.6 is 31.9 Å². The zero-order valence-electron chi connectivity index (χ0n) is 10.7. The number of urea groups is 1. The molecule has 0 fully saturated rings. The fourth-order valence-electron chi connectivity index (χ4n) is 1.39. The van der Waals surface area contributed by atoms with E-state index in [1.807, 2.05) is 0 Å². The number of carbonyl (C=O) groups is 2. The van der Waals surface area contributed by atoms with Crippen LogP contribution in [0.3, 0.4) is 0 Å². The van der Waals surface area contributed by atoms with Gasteiger partial charge >= 0.3 is 12.0 Å². The van der Waals surface area contributed by atoms with E-state index in [1.54, 1.807) is 12.1 Å². The summed E-state index contributed by atoms with van der Waals surface area (Å²) in [5, 5.41) is 13.7. The molecule has 0 aromatic heterocycles. The Morgan fingerprint density at radius 2 is 2.00 bits per heavy atom. The molecule has 0 heterocycles. The Hall–Kier alpha value is -1.28. The summed E-state index contributed by atoms with van der Waals surface area (Å²) in [5.74, 6) is -0.290. The number of amides is 2. The van der Waals surface area contributed by atoms with Crippen molar-refractivity contribution in [3.05, 3.63) is 21.1 Å². The smallest absolute Gasteiger partial charge is 0.319 e. The summed E-state index contributed by atoms with van der Waals surface area (Å²) in [6.07, 6.45) is 0.406. The summed E-state index contributed by atoms with van der Waals surface area (Å²) < 4.78 is 6.61. The third-order valence-corrected chi connectivity index (χ3v) is 3.62. The molecule has 1 rings (SSSR count). The predicted molar refractivity (Wildman–Crippen MR) is 82.3 cm³/mol. The molecule has 1 aromatic carbocycles. The Balaban J connectivity index is 2.55. The van der Waals surface area contributed by atoms with Crippen LogP contribution in [0, 0.1) is 0 Å². The average molecular weight is 410 g/mol. The normalized spacial score (nSPS) is 9.95. The molecule has 0 aliphatic heterocycles. The standard InChI is InChI=1S/C12H14Br2N2O4/c1-20-10-6-9(7(13)5-8(10)14)16-12(19)15-4-2-3-11(17)18/h5-6H,2-4H2,1H3,(H,17,18)(H2,15,16,19). The highest BCUT2D eigenvalue weighted by atomic mass is 79.9. The number of carbonyl (C=O) groups excluding carboxylic acids is 1. The fourth-order valence-corrected chi connectivity index (χ4v) is 2.64. The number of carboxylic acid groups (broad SMARTS) is 1. The quantitative estimate of drug-likeness (QED) is 0.629. The van der Waals surface area contributed by atoms with Gasteiger partial charge in [0, 0.05) is 23.5 Å². The number of hydrogen-bond donors (Lipinski definition) is 3. The van der Waals surface area contributed by atoms with Gasteiger partial charge in [-0.05, 0) is 44.3 Å². The molecule has 0 bridgehead atoms. The minimum absolute atomic E-state index is 0.0239. The average Bonchev–Trinajstić information content (AvgIpc) is 2.37. The van der Waals surface area contributed by atoms with E-state index < -0.39 is 12.0 Å². The van der Waals surface area contributed by atoms with Gasteiger partial charge in [0.2, 0.25) is 0 Å². The minimum Gasteiger partial charge on any atom is -0.495 e. The van der Waals surface area contributed by atoms with Gasteiger partial charge in [-0.2, -0.15) is 0 Å². The van der Waals surface area contributed by atoms with Crippen molar-refractivity contribution >= 4 is 49.5 Å². The molecule has 0 saturated heterocycles. The number of methoxy groups -OCH3 is 1. The zero-order valence-corrected chi connectivity index (χ0v) is 13.9. The molecular formula is C12H14Br2N2O4. The number of ether oxygens (including phenoxy) is 1. The van der Waals surface area contributed by atoms with Crippen molar-refractivity contribution in [3.8, 4) is 5.75 Å². The Morgan fingerprint density at radius 1 is 1.30 bits per heavy atom. The second-order valence-corrected chi connectivity index (χ2v) is 5.55. The predicted octanol–water partition coefficient (Wildman–Crippen LogP) is 3.21. The molecule has 6 nitrogen and oxygen atoms in total. The lowest BCUT2D eigenvalue weighted by atomic mass is 10.3. The van der Waals surface area contributed by atoms with Crippen molar-refractivity contribution in [2.45, 2.75) is 12.8 Å². The van der Waals surface area contributed by atoms with Crippen molar-refractivity contribution in [1.82, 2.24) is 5.32 Å². The van der Waals surface area contributed by atoms with Gasteiger partial charge < -0.3 is 20.5 Å². The summed E-state index contributed by atoms with van der Waals surface area (Å²) in [7, 11) is 1.53. The van der Waals surface area contributed by atoms with Crippen LogP contribution in [0.5, 0.6) is 5.75 Å². The number of benzene rings is 1. The van der Waals surface area contributed by atoms with E-state index in [4.69, 9.17) is 9.84 Å². The highest BCUT2D eigenvalue weighted by Crippen LogP contribution is 2.34. The molecular weight excluding hydrogens is 396 g/mol. The van der Waals surface area contributed by atoms with Crippen LogP contribution < -0.4 is 15.4 Å². The Morgan fingerprint density at radius 3 is 2.60 bits per heavy atom. The SMILES string of the molecule is COc1cc(NC(=O)NCCCC(=O)O)c(Br)cc1Br. The van der Waals surface area contributed by atoms with E-state index in [0.29, 0.717) is 28.9 Å². The molecule has 0 spiro atoms. The third kappa shape index (κ3) is 5.38. The summed E-state index contributed by atoms with van der Waals surface area (Å²) in [5.41, 5.74) is 0.556. The first kappa shape index (κ1) is 16.8. The van der Waals surface area contributed by atoms with Crippen molar-refractivity contribution in [2.75, 3.05) is 19.0 Å². The summed E-state index contributed by atoms with van der Waals surface area (Å²) in [6.45, 7) is 0.295. The molecule has 0 atom stereocenters. The van der Waals surface area contributed by atoms with Crippen LogP contribution in [0.2, 0.25) is 0 Å². The molecule has 8 heteroatoms. The molecule has 0 aliphatic carbocycles. The van der Waals surface area contributed by atoms with Crippen LogP contribution in [0.4, 0.5) is 10.5 Å². The molecule has 0 unspecified atom stereocenters. The molecule has 1 aromatic rings. The lowest BCUT2D eigenvalue weighted by Crippen LogP contribution is -2.29. The summed E-state index contributed by atoms with van der Waals surface area (Å²) in [4.78, 5) is 22.0. The molecule has 110 valence electrons. The molecule has 3 N–H and O–H groups in total. The number of anilines is 1. The van der Waals surface area contributed by atoms with Crippen molar-refractivity contribution in [1.29, 1.82) is 0 Å². The van der Waals surface area contributed by atoms with Crippen LogP contribution in [-0.4, -0.2) is 30.8 Å². The fraction of sp³-hybridized carbons (Fsp3) is 0.333. The second-order valence-electron chi connectivity index (χ2n) is 3.84. The first-order chi connectivity index (χ1) is 9.43. The summed E-state index contributed by atoms with van der Waals surface area (Å²) in [6, 6.07) is 3.03. The van der Waals surface area contributed by atoms with Gasteiger partial charge in [-0.15, -0.1) is 0 Å². The topological polar surface area (TPSA) is 87.7 Å². The van der Waals surface area contributed by atoms with Gasteiger partial charge in [0.1, 0.15) is 5.75 Å². The molecule has 20 heavy (non-hydrogen) atoms. The van der Waals surface area contributed by atoms with Crippen LogP contribution in [-0.2, 0) is 4.79 Å². The number of carboxylic acids is 1. The van der Waals surface area contributed by atoms with Gasteiger partial charge in [-0.3, -0.25) is 4.79 Å². The van der Waals surface area contributed by atoms with E-state index in [-0.39, 0.29) is 6.42 Å². The van der Waals surface area contributed by atoms with Gasteiger partial charge in [0.25, 0.3) is 0 Å². The molecule has 0 saturated carbocycles. The van der Waals surface area contributed by atoms with Gasteiger partial charge in [-0.1, -0.05) is 0 Å². The minimum atomic E-state index is -0.882. The lowest BCUT2D eigenvalue weighted by molar-refractivity contribution is -0.137. The second kappa shape index (κ2) is 8.11. The number of hydrogen-bond acceptors (Lipinski definition) is 3. The molecule has 0 aliphatic rings. The third-order valence-electron chi connectivity index (χ3n) is 2.34. The maximum Gasteiger partial charge on any atom is 0.319 e. The van der Waals surface area contributed by atoms with Gasteiger partial charge in [0.05, 0.1) is 17.3 Å². The number of nitrogens with one attached hydrogen (secondary N) is 2. The Kier molecular flexibility index (Phi) is 6.80. The van der Waals surface area contributed by atoms with Crippen LogP contribution in [0.1, 0.15) is 12.8 Å². The lowest BCUT2D eigenvalue weighted by Gasteiger charge is -2.11. The van der Waals surface area contributed by atoms with Crippen LogP contribution in [0.15, 0.2) is 21.1 Å². The first-order valence-corrected chi connectivity index (χ1v) is 7.32. The van der Waals surface area contributed by atoms with Crippen molar-refractivity contribution in [2.24, 2.45) is 0 Å². The van der Waals surface area contributed by atoms with E-state index in [1.165, 1.54) is 7.11 Å². The first-order valence-electron chi connectivity index (χ1n) is 5.73. The van der Waals surface area contributed by atoms with Crippen molar-refractivity contribution < 1.29 is 19.4 Å². The molecule has 0 radical (unpaired) electrons. The zero-order chi connectivity index (χ0) is 15.1. The number of halogens is 2. The molecule has 2 amide bonds. The Labute approximate surface area is 133 Å². The van der Waals surface area contributed by atoms with Crippen LogP contribution in [0.25, 0.3) is 0 Å². The van der Waals surface area contributed by atoms with Crippen molar-refractivity contribution in [3.63, 3.8) is 0 Å². The summed E-state index contributed by atoms with van der Waals surface area (Å²) >= 11 is 6.67. The Bertz CT molecular complexity index is 508. The van der Waals surface area contributed by atoms with E-state index in [0.717, 1.165) is 4.47 Å². The highest BCUT2D eigenvalue weighted by molar-refractivity contribution is 9.11. The van der Waals surface area contributed by atoms with Gasteiger partial charge in [-0.25, -0.2) is 4.79 Å². The maximum atomic E-state index is 11.7. The van der Waals surface area contributed by atoms with Gasteiger partial charge in [0.15, 0.2) is 0 Å². The maximum absolute atomic E-state index is 11.7. The monoisotopic (exact) mass is 408 g/mol. The van der Waals surface area contributed by atoms with E-state index >= 15 is 0 Å². The highest BCUT2D eigenvalue weighted by Gasteiger charge is 2.10. The number of aliphatic carboxylic acids is 1. The van der Waals surface area contributed by atoms with E-state index in [2.05, 4.69) is 42.5 Å². The largest absolute Gasteiger partial charge is 0.495 e. The van der Waals surface area contributed by atoms with E-state index in [9.17, 15) is 9.59 Å². The number of rotatable bonds is 6.